The number of hydrogen-bond acceptors (Lipinski definition) is 5. The zero-order valence-corrected chi connectivity index (χ0v) is 19.4. The Morgan fingerprint density at radius 1 is 1.28 bits per heavy atom. The fourth-order valence-corrected chi connectivity index (χ4v) is 3.98. The Hall–Kier alpha value is -2.04. The van der Waals surface area contributed by atoms with Crippen molar-refractivity contribution < 1.29 is 4.74 Å². The van der Waals surface area contributed by atoms with Crippen LogP contribution in [0.3, 0.4) is 0 Å². The highest BCUT2D eigenvalue weighted by molar-refractivity contribution is 14.0. The van der Waals surface area contributed by atoms with Gasteiger partial charge in [0.15, 0.2) is 11.8 Å². The fraction of sp³-hybridized carbons (Fsp3) is 0.550. The predicted octanol–water partition coefficient (Wildman–Crippen LogP) is 2.18. The van der Waals surface area contributed by atoms with Gasteiger partial charge in [0.05, 0.1) is 12.8 Å². The third-order valence-electron chi connectivity index (χ3n) is 5.36. The van der Waals surface area contributed by atoms with Gasteiger partial charge in [-0.15, -0.1) is 34.2 Å². The standard InChI is InChI=1S/C20H29N7O.HI/c1-3-21-20(22-13-19-25-24-18-9-6-11-27(18)19)23-15-10-12-26(14-15)16-7-4-5-8-17(16)28-2;/h4-5,7-8,15H,3,6,9-14H2,1-2H3,(H2,21,22,23);1H. The van der Waals surface area contributed by atoms with Crippen molar-refractivity contribution in [2.24, 2.45) is 4.99 Å². The van der Waals surface area contributed by atoms with Crippen molar-refractivity contribution in [2.45, 2.75) is 45.3 Å². The number of nitrogens with one attached hydrogen (secondary N) is 2. The summed E-state index contributed by atoms with van der Waals surface area (Å²) in [7, 11) is 1.72. The highest BCUT2D eigenvalue weighted by Crippen LogP contribution is 2.30. The van der Waals surface area contributed by atoms with Gasteiger partial charge in [-0.2, -0.15) is 0 Å². The molecule has 2 aromatic rings. The highest BCUT2D eigenvalue weighted by atomic mass is 127. The topological polar surface area (TPSA) is 79.6 Å². The van der Waals surface area contributed by atoms with Crippen molar-refractivity contribution in [2.75, 3.05) is 31.6 Å². The molecule has 8 nitrogen and oxygen atoms in total. The van der Waals surface area contributed by atoms with Crippen molar-refractivity contribution >= 4 is 35.6 Å². The van der Waals surface area contributed by atoms with Gasteiger partial charge in [-0.25, -0.2) is 4.99 Å². The lowest BCUT2D eigenvalue weighted by atomic mass is 10.2. The van der Waals surface area contributed by atoms with E-state index in [-0.39, 0.29) is 24.0 Å². The summed E-state index contributed by atoms with van der Waals surface area (Å²) in [4.78, 5) is 7.12. The number of ether oxygens (including phenoxy) is 1. The molecule has 0 bridgehead atoms. The molecule has 0 saturated carbocycles. The van der Waals surface area contributed by atoms with Crippen molar-refractivity contribution in [1.29, 1.82) is 0 Å². The number of hydrogen-bond donors (Lipinski definition) is 2. The van der Waals surface area contributed by atoms with E-state index in [1.807, 2.05) is 12.1 Å². The van der Waals surface area contributed by atoms with E-state index in [0.29, 0.717) is 12.6 Å². The molecule has 1 aromatic heterocycles. The first-order chi connectivity index (χ1) is 13.8. The summed E-state index contributed by atoms with van der Waals surface area (Å²) >= 11 is 0. The largest absolute Gasteiger partial charge is 0.495 e. The van der Waals surface area contributed by atoms with Gasteiger partial charge in [-0.1, -0.05) is 12.1 Å². The monoisotopic (exact) mass is 511 g/mol. The molecule has 3 heterocycles. The molecule has 2 aliphatic rings. The lowest BCUT2D eigenvalue weighted by molar-refractivity contribution is 0.415. The summed E-state index contributed by atoms with van der Waals surface area (Å²) in [6.45, 7) is 6.38. The third-order valence-corrected chi connectivity index (χ3v) is 5.36. The molecule has 9 heteroatoms. The molecule has 1 saturated heterocycles. The molecule has 0 radical (unpaired) electrons. The molecule has 0 spiro atoms. The number of benzene rings is 1. The second kappa shape index (κ2) is 10.1. The fourth-order valence-electron chi connectivity index (χ4n) is 3.98. The number of para-hydroxylation sites is 2. The van der Waals surface area contributed by atoms with E-state index in [1.54, 1.807) is 7.11 Å². The summed E-state index contributed by atoms with van der Waals surface area (Å²) in [5.74, 6) is 3.80. The smallest absolute Gasteiger partial charge is 0.191 e. The van der Waals surface area contributed by atoms with E-state index in [9.17, 15) is 0 Å². The van der Waals surface area contributed by atoms with E-state index in [4.69, 9.17) is 9.73 Å². The van der Waals surface area contributed by atoms with Crippen LogP contribution in [0.1, 0.15) is 31.4 Å². The van der Waals surface area contributed by atoms with E-state index in [0.717, 1.165) is 74.5 Å². The van der Waals surface area contributed by atoms with Crippen LogP contribution in [0.2, 0.25) is 0 Å². The van der Waals surface area contributed by atoms with E-state index < -0.39 is 0 Å². The van der Waals surface area contributed by atoms with Crippen LogP contribution in [0.5, 0.6) is 5.75 Å². The maximum atomic E-state index is 5.52. The second-order valence-corrected chi connectivity index (χ2v) is 7.23. The number of fused-ring (bicyclic) bond motifs is 1. The molecule has 0 aliphatic carbocycles. The lowest BCUT2D eigenvalue weighted by Gasteiger charge is -2.22. The summed E-state index contributed by atoms with van der Waals surface area (Å²) in [5.41, 5.74) is 1.15. The summed E-state index contributed by atoms with van der Waals surface area (Å²) < 4.78 is 7.72. The predicted molar refractivity (Wildman–Crippen MR) is 125 cm³/mol. The second-order valence-electron chi connectivity index (χ2n) is 7.23. The van der Waals surface area contributed by atoms with Crippen molar-refractivity contribution in [3.05, 3.63) is 35.9 Å². The Morgan fingerprint density at radius 3 is 2.97 bits per heavy atom. The van der Waals surface area contributed by atoms with Crippen molar-refractivity contribution in [3.8, 4) is 5.75 Å². The Kier molecular flexibility index (Phi) is 7.57. The van der Waals surface area contributed by atoms with Crippen LogP contribution in [0, 0.1) is 0 Å². The van der Waals surface area contributed by atoms with Crippen LogP contribution < -0.4 is 20.3 Å². The van der Waals surface area contributed by atoms with Gasteiger partial charge in [0.25, 0.3) is 0 Å². The number of rotatable bonds is 6. The normalized spacial score (nSPS) is 18.3. The van der Waals surface area contributed by atoms with Crippen LogP contribution in [-0.2, 0) is 19.5 Å². The molecule has 1 aromatic carbocycles. The summed E-state index contributed by atoms with van der Waals surface area (Å²) in [6, 6.07) is 8.53. The van der Waals surface area contributed by atoms with Gasteiger partial charge in [0.2, 0.25) is 0 Å². The zero-order valence-electron chi connectivity index (χ0n) is 17.1. The minimum Gasteiger partial charge on any atom is -0.495 e. The summed E-state index contributed by atoms with van der Waals surface area (Å²) in [6.07, 6.45) is 3.24. The van der Waals surface area contributed by atoms with Gasteiger partial charge in [0, 0.05) is 38.6 Å². The van der Waals surface area contributed by atoms with Gasteiger partial charge in [-0.05, 0) is 31.9 Å². The molecule has 158 valence electrons. The molecule has 2 N–H and O–H groups in total. The zero-order chi connectivity index (χ0) is 19.3. The molecule has 4 rings (SSSR count). The van der Waals surface area contributed by atoms with Crippen LogP contribution in [0.15, 0.2) is 29.3 Å². The van der Waals surface area contributed by atoms with Crippen molar-refractivity contribution in [1.82, 2.24) is 25.4 Å². The number of aliphatic imine (C=N–C) groups is 1. The number of nitrogens with zero attached hydrogens (tertiary/aromatic N) is 5. The molecule has 0 amide bonds. The van der Waals surface area contributed by atoms with Crippen molar-refractivity contribution in [3.63, 3.8) is 0 Å². The quantitative estimate of drug-likeness (QED) is 0.352. The van der Waals surface area contributed by atoms with E-state index in [2.05, 4.69) is 49.4 Å². The molecular formula is C20H30IN7O. The maximum absolute atomic E-state index is 5.52. The number of aromatic nitrogens is 3. The number of anilines is 1. The van der Waals surface area contributed by atoms with Gasteiger partial charge < -0.3 is 24.8 Å². The number of aryl methyl sites for hydroxylation is 1. The number of guanidine groups is 1. The SMILES string of the molecule is CCNC(=NCc1nnc2n1CCC2)NC1CCN(c2ccccc2OC)C1.I. The first kappa shape index (κ1) is 21.7. The van der Waals surface area contributed by atoms with Crippen LogP contribution in [-0.4, -0.2) is 53.5 Å². The van der Waals surface area contributed by atoms with E-state index in [1.165, 1.54) is 0 Å². The first-order valence-electron chi connectivity index (χ1n) is 10.1. The first-order valence-corrected chi connectivity index (χ1v) is 10.1. The average Bonchev–Trinajstić information content (AvgIpc) is 3.44. The Bertz CT molecular complexity index is 838. The molecule has 1 fully saturated rings. The molecule has 29 heavy (non-hydrogen) atoms. The number of halogens is 1. The lowest BCUT2D eigenvalue weighted by Crippen LogP contribution is -2.44. The molecule has 2 aliphatic heterocycles. The minimum atomic E-state index is 0. The Morgan fingerprint density at radius 2 is 2.14 bits per heavy atom. The van der Waals surface area contributed by atoms with Gasteiger partial charge in [-0.3, -0.25) is 0 Å². The maximum Gasteiger partial charge on any atom is 0.191 e. The van der Waals surface area contributed by atoms with Crippen LogP contribution in [0.25, 0.3) is 0 Å². The third kappa shape index (κ3) is 4.93. The Balaban J connectivity index is 0.00000240. The summed E-state index contributed by atoms with van der Waals surface area (Å²) in [5, 5.41) is 15.5. The minimum absolute atomic E-state index is 0. The number of methoxy groups -OCH3 is 1. The highest BCUT2D eigenvalue weighted by Gasteiger charge is 2.25. The van der Waals surface area contributed by atoms with E-state index >= 15 is 0 Å². The van der Waals surface area contributed by atoms with Crippen LogP contribution >= 0.6 is 24.0 Å². The average molecular weight is 511 g/mol. The van der Waals surface area contributed by atoms with Gasteiger partial charge >= 0.3 is 0 Å². The molecule has 1 atom stereocenters. The van der Waals surface area contributed by atoms with Crippen LogP contribution in [0.4, 0.5) is 5.69 Å². The van der Waals surface area contributed by atoms with Gasteiger partial charge in [0.1, 0.15) is 18.1 Å². The Labute approximate surface area is 189 Å². The molecule has 1 unspecified atom stereocenters. The molecular weight excluding hydrogens is 481 g/mol.